The highest BCUT2D eigenvalue weighted by atomic mass is 79.9. The smallest absolute Gasteiger partial charge is 0.264 e. The molecule has 0 saturated heterocycles. The Morgan fingerprint density at radius 1 is 1.11 bits per heavy atom. The van der Waals surface area contributed by atoms with Gasteiger partial charge in [-0.05, 0) is 64.5 Å². The van der Waals surface area contributed by atoms with Gasteiger partial charge in [-0.15, -0.1) is 0 Å². The summed E-state index contributed by atoms with van der Waals surface area (Å²) in [5.74, 6) is -0.102. The maximum atomic E-state index is 12.9. The maximum absolute atomic E-state index is 12.9. The number of sulfonamides is 1. The second kappa shape index (κ2) is 8.30. The molecule has 0 aliphatic rings. The van der Waals surface area contributed by atoms with Crippen LogP contribution in [0.4, 0.5) is 11.5 Å². The maximum Gasteiger partial charge on any atom is 0.264 e. The summed E-state index contributed by atoms with van der Waals surface area (Å²) >= 11 is 9.23. The molecule has 0 aliphatic heterocycles. The third-order valence-corrected chi connectivity index (χ3v) is 6.38. The fourth-order valence-corrected chi connectivity index (χ4v) is 4.06. The molecule has 28 heavy (non-hydrogen) atoms. The zero-order chi connectivity index (χ0) is 20.3. The highest BCUT2D eigenvalue weighted by Gasteiger charge is 2.22. The molecule has 1 aromatic heterocycles. The van der Waals surface area contributed by atoms with E-state index in [1.807, 2.05) is 0 Å². The molecular formula is C19H15BrClN3O3S. The predicted molar refractivity (Wildman–Crippen MR) is 113 cm³/mol. The molecule has 0 bridgehead atoms. The van der Waals surface area contributed by atoms with E-state index in [0.717, 1.165) is 8.78 Å². The molecule has 1 amide bonds. The summed E-state index contributed by atoms with van der Waals surface area (Å²) in [7, 11) is -2.44. The van der Waals surface area contributed by atoms with Crippen molar-refractivity contribution in [2.24, 2.45) is 0 Å². The Bertz CT molecular complexity index is 1120. The zero-order valence-electron chi connectivity index (χ0n) is 14.6. The molecule has 0 radical (unpaired) electrons. The minimum Gasteiger partial charge on any atom is -0.307 e. The van der Waals surface area contributed by atoms with Crippen LogP contribution in [-0.2, 0) is 10.0 Å². The first kappa shape index (κ1) is 20.3. The molecule has 144 valence electrons. The molecule has 3 aromatic rings. The van der Waals surface area contributed by atoms with Crippen molar-refractivity contribution < 1.29 is 13.2 Å². The number of benzene rings is 2. The van der Waals surface area contributed by atoms with Crippen LogP contribution in [0.2, 0.25) is 5.02 Å². The minimum atomic E-state index is -3.87. The molecule has 3 rings (SSSR count). The van der Waals surface area contributed by atoms with E-state index in [1.165, 1.54) is 31.3 Å². The number of nitrogens with one attached hydrogen (secondary N) is 1. The van der Waals surface area contributed by atoms with E-state index < -0.39 is 15.9 Å². The number of carbonyl (C=O) groups is 1. The summed E-state index contributed by atoms with van der Waals surface area (Å²) in [5.41, 5.74) is 0.617. The number of amides is 1. The summed E-state index contributed by atoms with van der Waals surface area (Å²) in [6.45, 7) is 0. The zero-order valence-corrected chi connectivity index (χ0v) is 17.8. The van der Waals surface area contributed by atoms with Crippen molar-refractivity contribution in [2.45, 2.75) is 4.90 Å². The number of rotatable bonds is 5. The van der Waals surface area contributed by atoms with Gasteiger partial charge in [0.05, 0.1) is 10.6 Å². The molecule has 0 saturated carbocycles. The fourth-order valence-electron chi connectivity index (χ4n) is 2.40. The second-order valence-corrected chi connectivity index (χ2v) is 9.12. The number of carbonyl (C=O) groups excluding carboxylic acids is 1. The van der Waals surface area contributed by atoms with Crippen molar-refractivity contribution in [1.82, 2.24) is 4.98 Å². The number of aromatic nitrogens is 1. The Balaban J connectivity index is 1.87. The SMILES string of the molecule is CN(c1cccc(Cl)c1)S(=O)(=O)c1cccc(C(=O)Nc2ccc(Br)cn2)c1. The van der Waals surface area contributed by atoms with Crippen LogP contribution in [0.5, 0.6) is 0 Å². The summed E-state index contributed by atoms with van der Waals surface area (Å²) < 4.78 is 27.8. The average Bonchev–Trinajstić information content (AvgIpc) is 2.69. The number of nitrogens with zero attached hydrogens (tertiary/aromatic N) is 2. The van der Waals surface area contributed by atoms with Crippen LogP contribution in [0.15, 0.2) is 76.2 Å². The molecule has 0 atom stereocenters. The van der Waals surface area contributed by atoms with Crippen molar-refractivity contribution >= 4 is 55.0 Å². The van der Waals surface area contributed by atoms with E-state index in [9.17, 15) is 13.2 Å². The molecule has 0 unspecified atom stereocenters. The Kier molecular flexibility index (Phi) is 6.02. The number of halogens is 2. The summed E-state index contributed by atoms with van der Waals surface area (Å²) in [4.78, 5) is 16.5. The first-order chi connectivity index (χ1) is 13.3. The van der Waals surface area contributed by atoms with E-state index in [4.69, 9.17) is 11.6 Å². The van der Waals surface area contributed by atoms with Gasteiger partial charge in [-0.25, -0.2) is 13.4 Å². The Hall–Kier alpha value is -2.42. The molecular weight excluding hydrogens is 466 g/mol. The van der Waals surface area contributed by atoms with Gasteiger partial charge < -0.3 is 5.32 Å². The van der Waals surface area contributed by atoms with Crippen LogP contribution < -0.4 is 9.62 Å². The lowest BCUT2D eigenvalue weighted by atomic mass is 10.2. The standard InChI is InChI=1S/C19H15BrClN3O3S/c1-24(16-6-3-5-15(21)11-16)28(26,27)17-7-2-4-13(10-17)19(25)23-18-9-8-14(20)12-22-18/h2-12H,1H3,(H,22,23,25). The van der Waals surface area contributed by atoms with Crippen molar-refractivity contribution in [3.05, 3.63) is 81.9 Å². The van der Waals surface area contributed by atoms with Crippen molar-refractivity contribution in [2.75, 3.05) is 16.7 Å². The second-order valence-electron chi connectivity index (χ2n) is 5.80. The summed E-state index contributed by atoms with van der Waals surface area (Å²) in [6, 6.07) is 15.7. The van der Waals surface area contributed by atoms with Crippen LogP contribution >= 0.6 is 27.5 Å². The molecule has 9 heteroatoms. The van der Waals surface area contributed by atoms with Gasteiger partial charge in [-0.3, -0.25) is 9.10 Å². The number of anilines is 2. The normalized spacial score (nSPS) is 11.1. The molecule has 0 spiro atoms. The summed E-state index contributed by atoms with van der Waals surface area (Å²) in [6.07, 6.45) is 1.55. The van der Waals surface area contributed by atoms with E-state index in [1.54, 1.807) is 42.6 Å². The van der Waals surface area contributed by atoms with Gasteiger partial charge in [0.15, 0.2) is 0 Å². The van der Waals surface area contributed by atoms with Crippen LogP contribution in [-0.4, -0.2) is 26.4 Å². The lowest BCUT2D eigenvalue weighted by molar-refractivity contribution is 0.102. The largest absolute Gasteiger partial charge is 0.307 e. The summed E-state index contributed by atoms with van der Waals surface area (Å²) in [5, 5.41) is 3.06. The van der Waals surface area contributed by atoms with Crippen LogP contribution in [0.1, 0.15) is 10.4 Å². The molecule has 0 fully saturated rings. The van der Waals surface area contributed by atoms with Gasteiger partial charge >= 0.3 is 0 Å². The monoisotopic (exact) mass is 479 g/mol. The number of hydrogen-bond acceptors (Lipinski definition) is 4. The molecule has 1 heterocycles. The van der Waals surface area contributed by atoms with Gasteiger partial charge in [0, 0.05) is 28.3 Å². The average molecular weight is 481 g/mol. The van der Waals surface area contributed by atoms with Gasteiger partial charge in [0.1, 0.15) is 5.82 Å². The molecule has 0 aliphatic carbocycles. The first-order valence-corrected chi connectivity index (χ1v) is 10.7. The van der Waals surface area contributed by atoms with Gasteiger partial charge in [0.25, 0.3) is 15.9 Å². The van der Waals surface area contributed by atoms with E-state index in [-0.39, 0.29) is 10.5 Å². The van der Waals surface area contributed by atoms with E-state index in [0.29, 0.717) is 16.5 Å². The Labute approximate surface area is 176 Å². The van der Waals surface area contributed by atoms with Crippen molar-refractivity contribution in [3.8, 4) is 0 Å². The van der Waals surface area contributed by atoms with Crippen LogP contribution in [0, 0.1) is 0 Å². The minimum absolute atomic E-state index is 0.00797. The highest BCUT2D eigenvalue weighted by molar-refractivity contribution is 9.10. The lowest BCUT2D eigenvalue weighted by Gasteiger charge is -2.20. The molecule has 6 nitrogen and oxygen atoms in total. The number of pyridine rings is 1. The van der Waals surface area contributed by atoms with Gasteiger partial charge in [-0.1, -0.05) is 23.7 Å². The molecule has 1 N–H and O–H groups in total. The fraction of sp³-hybridized carbons (Fsp3) is 0.0526. The first-order valence-electron chi connectivity index (χ1n) is 8.05. The van der Waals surface area contributed by atoms with E-state index >= 15 is 0 Å². The lowest BCUT2D eigenvalue weighted by Crippen LogP contribution is -2.26. The van der Waals surface area contributed by atoms with Crippen LogP contribution in [0.25, 0.3) is 0 Å². The Morgan fingerprint density at radius 3 is 2.54 bits per heavy atom. The third kappa shape index (κ3) is 4.52. The third-order valence-electron chi connectivity index (χ3n) is 3.90. The molecule has 2 aromatic carbocycles. The predicted octanol–water partition coefficient (Wildman–Crippen LogP) is 4.57. The Morgan fingerprint density at radius 2 is 1.86 bits per heavy atom. The van der Waals surface area contributed by atoms with Gasteiger partial charge in [0.2, 0.25) is 0 Å². The van der Waals surface area contributed by atoms with E-state index in [2.05, 4.69) is 26.2 Å². The van der Waals surface area contributed by atoms with Crippen molar-refractivity contribution in [3.63, 3.8) is 0 Å². The topological polar surface area (TPSA) is 79.4 Å². The highest BCUT2D eigenvalue weighted by Crippen LogP contribution is 2.25. The van der Waals surface area contributed by atoms with Crippen LogP contribution in [0.3, 0.4) is 0 Å². The van der Waals surface area contributed by atoms with Gasteiger partial charge in [-0.2, -0.15) is 0 Å². The van der Waals surface area contributed by atoms with Crippen molar-refractivity contribution in [1.29, 1.82) is 0 Å². The number of hydrogen-bond donors (Lipinski definition) is 1. The quantitative estimate of drug-likeness (QED) is 0.580.